The van der Waals surface area contributed by atoms with Crippen LogP contribution in [0.2, 0.25) is 0 Å². The first-order valence-corrected chi connectivity index (χ1v) is 11.6. The summed E-state index contributed by atoms with van der Waals surface area (Å²) in [6, 6.07) is 20.8. The highest BCUT2D eigenvalue weighted by Crippen LogP contribution is 2.17. The van der Waals surface area contributed by atoms with Crippen LogP contribution in [0.25, 0.3) is 0 Å². The maximum atomic E-state index is 13.4. The summed E-state index contributed by atoms with van der Waals surface area (Å²) in [4.78, 5) is 29.9. The first-order valence-electron chi connectivity index (χ1n) is 11.6. The summed E-state index contributed by atoms with van der Waals surface area (Å²) in [6.45, 7) is 3.65. The van der Waals surface area contributed by atoms with Crippen LogP contribution in [0, 0.1) is 0 Å². The van der Waals surface area contributed by atoms with E-state index >= 15 is 0 Å². The molecule has 0 aliphatic heterocycles. The first kappa shape index (κ1) is 25.1. The Balaban J connectivity index is 1.75. The summed E-state index contributed by atoms with van der Waals surface area (Å²) in [5.74, 6) is 0.535. The van der Waals surface area contributed by atoms with Gasteiger partial charge in [0.05, 0.1) is 12.8 Å². The van der Waals surface area contributed by atoms with Gasteiger partial charge in [0, 0.05) is 32.5 Å². The molecule has 0 bridgehead atoms. The van der Waals surface area contributed by atoms with Gasteiger partial charge >= 0.3 is 6.03 Å². The van der Waals surface area contributed by atoms with Gasteiger partial charge in [0.2, 0.25) is 5.91 Å². The molecule has 1 heterocycles. The van der Waals surface area contributed by atoms with Crippen molar-refractivity contribution in [1.82, 2.24) is 9.80 Å². The molecule has 7 nitrogen and oxygen atoms in total. The third kappa shape index (κ3) is 7.49. The maximum Gasteiger partial charge on any atom is 0.322 e. The highest BCUT2D eigenvalue weighted by Gasteiger charge is 2.23. The van der Waals surface area contributed by atoms with Crippen molar-refractivity contribution in [3.05, 3.63) is 89.9 Å². The number of ether oxygens (including phenoxy) is 1. The van der Waals surface area contributed by atoms with E-state index in [1.807, 2.05) is 67.6 Å². The molecule has 0 aliphatic rings. The van der Waals surface area contributed by atoms with E-state index < -0.39 is 0 Å². The standard InChI is InChI=1S/C27H33N3O4/c1-3-23-13-7-8-15-25(23)28-27(32)29(16-10-17-33-2)21-26(31)30(20-24-14-9-18-34-24)19-22-11-5-4-6-12-22/h4-9,11-15,18H,3,10,16-17,19-21H2,1-2H3,(H,28,32). The molecule has 34 heavy (non-hydrogen) atoms. The van der Waals surface area contributed by atoms with Crippen LogP contribution in [-0.2, 0) is 29.0 Å². The van der Waals surface area contributed by atoms with E-state index in [1.54, 1.807) is 29.2 Å². The van der Waals surface area contributed by atoms with E-state index in [1.165, 1.54) is 0 Å². The van der Waals surface area contributed by atoms with E-state index in [2.05, 4.69) is 5.32 Å². The molecule has 3 amide bonds. The van der Waals surface area contributed by atoms with Crippen LogP contribution >= 0.6 is 0 Å². The monoisotopic (exact) mass is 463 g/mol. The van der Waals surface area contributed by atoms with Crippen LogP contribution in [0.1, 0.15) is 30.2 Å². The van der Waals surface area contributed by atoms with Gasteiger partial charge in [-0.05, 0) is 42.2 Å². The van der Waals surface area contributed by atoms with Gasteiger partial charge < -0.3 is 24.3 Å². The number of para-hydroxylation sites is 1. The van der Waals surface area contributed by atoms with Crippen molar-refractivity contribution in [3.8, 4) is 0 Å². The van der Waals surface area contributed by atoms with Gasteiger partial charge in [-0.3, -0.25) is 4.79 Å². The Hall–Kier alpha value is -3.58. The van der Waals surface area contributed by atoms with E-state index in [9.17, 15) is 9.59 Å². The second-order valence-electron chi connectivity index (χ2n) is 8.02. The highest BCUT2D eigenvalue weighted by atomic mass is 16.5. The quantitative estimate of drug-likeness (QED) is 0.386. The molecule has 3 aromatic rings. The molecule has 3 rings (SSSR count). The van der Waals surface area contributed by atoms with Crippen LogP contribution in [0.4, 0.5) is 10.5 Å². The molecule has 0 radical (unpaired) electrons. The first-order chi connectivity index (χ1) is 16.6. The van der Waals surface area contributed by atoms with Gasteiger partial charge in [-0.1, -0.05) is 55.5 Å². The van der Waals surface area contributed by atoms with E-state index in [0.717, 1.165) is 23.2 Å². The number of benzene rings is 2. The Labute approximate surface area is 201 Å². The number of aryl methyl sites for hydroxylation is 1. The van der Waals surface area contributed by atoms with Crippen molar-refractivity contribution < 1.29 is 18.7 Å². The molecule has 1 N–H and O–H groups in total. The Morgan fingerprint density at radius 2 is 1.71 bits per heavy atom. The molecule has 0 aliphatic carbocycles. The number of nitrogens with one attached hydrogen (secondary N) is 1. The van der Waals surface area contributed by atoms with Crippen molar-refractivity contribution in [2.75, 3.05) is 32.1 Å². The molecule has 0 unspecified atom stereocenters. The van der Waals surface area contributed by atoms with Crippen LogP contribution < -0.4 is 5.32 Å². The number of carbonyl (C=O) groups is 2. The van der Waals surface area contributed by atoms with Crippen LogP contribution in [-0.4, -0.2) is 48.5 Å². The smallest absolute Gasteiger partial charge is 0.322 e. The number of amides is 3. The fourth-order valence-electron chi connectivity index (χ4n) is 3.69. The molecule has 2 aromatic carbocycles. The maximum absolute atomic E-state index is 13.4. The second kappa shape index (κ2) is 13.2. The van der Waals surface area contributed by atoms with Crippen LogP contribution in [0.15, 0.2) is 77.4 Å². The van der Waals surface area contributed by atoms with Crippen molar-refractivity contribution in [1.29, 1.82) is 0 Å². The Bertz CT molecular complexity index is 1020. The fourth-order valence-corrected chi connectivity index (χ4v) is 3.69. The molecular formula is C27H33N3O4. The molecule has 7 heteroatoms. The molecule has 0 atom stereocenters. The zero-order valence-electron chi connectivity index (χ0n) is 19.9. The lowest BCUT2D eigenvalue weighted by Gasteiger charge is -2.28. The van der Waals surface area contributed by atoms with Gasteiger partial charge in [-0.25, -0.2) is 4.79 Å². The lowest BCUT2D eigenvalue weighted by Crippen LogP contribution is -2.44. The number of methoxy groups -OCH3 is 1. The topological polar surface area (TPSA) is 75.0 Å². The number of nitrogens with zero attached hydrogens (tertiary/aromatic N) is 2. The summed E-state index contributed by atoms with van der Waals surface area (Å²) in [7, 11) is 1.62. The minimum absolute atomic E-state index is 0.0443. The number of carbonyl (C=O) groups excluding carboxylic acids is 2. The van der Waals surface area contributed by atoms with Crippen molar-refractivity contribution >= 4 is 17.6 Å². The zero-order chi connectivity index (χ0) is 24.2. The van der Waals surface area contributed by atoms with Gasteiger partial charge in [0.1, 0.15) is 12.3 Å². The number of furan rings is 1. The second-order valence-corrected chi connectivity index (χ2v) is 8.02. The molecule has 0 spiro atoms. The number of hydrogen-bond donors (Lipinski definition) is 1. The zero-order valence-corrected chi connectivity index (χ0v) is 19.9. The summed E-state index contributed by atoms with van der Waals surface area (Å²) < 4.78 is 10.6. The van der Waals surface area contributed by atoms with E-state index in [-0.39, 0.29) is 18.5 Å². The third-order valence-corrected chi connectivity index (χ3v) is 5.53. The number of anilines is 1. The lowest BCUT2D eigenvalue weighted by molar-refractivity contribution is -0.133. The highest BCUT2D eigenvalue weighted by molar-refractivity contribution is 5.93. The molecule has 0 fully saturated rings. The molecule has 180 valence electrons. The molecule has 0 saturated carbocycles. The SMILES string of the molecule is CCc1ccccc1NC(=O)N(CCCOC)CC(=O)N(Cc1ccccc1)Cc1ccco1. The van der Waals surface area contributed by atoms with Crippen molar-refractivity contribution in [2.45, 2.75) is 32.9 Å². The normalized spacial score (nSPS) is 10.6. The van der Waals surface area contributed by atoms with Crippen LogP contribution in [0.3, 0.4) is 0 Å². The average molecular weight is 464 g/mol. The number of rotatable bonds is 12. The Kier molecular flexibility index (Phi) is 9.73. The molecular weight excluding hydrogens is 430 g/mol. The minimum atomic E-state index is -0.303. The van der Waals surface area contributed by atoms with Gasteiger partial charge in [0.25, 0.3) is 0 Å². The van der Waals surface area contributed by atoms with Crippen molar-refractivity contribution in [3.63, 3.8) is 0 Å². The predicted octanol–water partition coefficient (Wildman–Crippen LogP) is 4.94. The third-order valence-electron chi connectivity index (χ3n) is 5.53. The summed E-state index contributed by atoms with van der Waals surface area (Å²) in [5.41, 5.74) is 2.81. The predicted molar refractivity (Wildman–Crippen MR) is 132 cm³/mol. The van der Waals surface area contributed by atoms with E-state index in [4.69, 9.17) is 9.15 Å². The summed E-state index contributed by atoms with van der Waals surface area (Å²) >= 11 is 0. The van der Waals surface area contributed by atoms with E-state index in [0.29, 0.717) is 38.4 Å². The van der Waals surface area contributed by atoms with Crippen LogP contribution in [0.5, 0.6) is 0 Å². The Morgan fingerprint density at radius 3 is 2.41 bits per heavy atom. The number of urea groups is 1. The van der Waals surface area contributed by atoms with Crippen molar-refractivity contribution in [2.24, 2.45) is 0 Å². The average Bonchev–Trinajstić information content (AvgIpc) is 3.37. The summed E-state index contributed by atoms with van der Waals surface area (Å²) in [5, 5.41) is 2.98. The lowest BCUT2D eigenvalue weighted by atomic mass is 10.1. The number of hydrogen-bond acceptors (Lipinski definition) is 4. The fraction of sp³-hybridized carbons (Fsp3) is 0.333. The molecule has 0 saturated heterocycles. The minimum Gasteiger partial charge on any atom is -0.467 e. The summed E-state index contributed by atoms with van der Waals surface area (Å²) in [6.07, 6.45) is 3.02. The van der Waals surface area contributed by atoms with Gasteiger partial charge in [0.15, 0.2) is 0 Å². The largest absolute Gasteiger partial charge is 0.467 e. The molecule has 1 aromatic heterocycles. The Morgan fingerprint density at radius 1 is 0.941 bits per heavy atom. The van der Waals surface area contributed by atoms with Gasteiger partial charge in [-0.15, -0.1) is 0 Å². The van der Waals surface area contributed by atoms with Gasteiger partial charge in [-0.2, -0.15) is 0 Å².